The number of carboxylic acid groups (broad SMARTS) is 1. The monoisotopic (exact) mass is 283 g/mol. The Morgan fingerprint density at radius 1 is 1.25 bits per heavy atom. The van der Waals surface area contributed by atoms with Crippen molar-refractivity contribution in [2.24, 2.45) is 0 Å². The second-order valence-electron chi connectivity index (χ2n) is 3.85. The maximum Gasteiger partial charge on any atom is 0.434 e. The fourth-order valence-corrected chi connectivity index (χ4v) is 1.54. The van der Waals surface area contributed by atoms with E-state index in [0.717, 1.165) is 0 Å². The minimum absolute atomic E-state index is 0.0101. The topological polar surface area (TPSA) is 76.0 Å². The highest BCUT2D eigenvalue weighted by Crippen LogP contribution is 2.30. The molecule has 0 radical (unpaired) electrons. The number of nitrogens with zero attached hydrogens (tertiary/aromatic N) is 3. The molecular formula is C12H8F3N3O2. The van der Waals surface area contributed by atoms with Gasteiger partial charge in [0.1, 0.15) is 11.4 Å². The first-order valence-electron chi connectivity index (χ1n) is 5.44. The predicted octanol–water partition coefficient (Wildman–Crippen LogP) is 2.18. The van der Waals surface area contributed by atoms with Crippen molar-refractivity contribution in [2.75, 3.05) is 0 Å². The van der Waals surface area contributed by atoms with Crippen molar-refractivity contribution in [3.8, 4) is 0 Å². The van der Waals surface area contributed by atoms with Gasteiger partial charge in [0.15, 0.2) is 5.69 Å². The van der Waals surface area contributed by atoms with Gasteiger partial charge in [0.2, 0.25) is 0 Å². The number of rotatable bonds is 3. The zero-order valence-electron chi connectivity index (χ0n) is 9.92. The van der Waals surface area contributed by atoms with Crippen LogP contribution in [0.1, 0.15) is 27.6 Å². The molecular weight excluding hydrogens is 275 g/mol. The van der Waals surface area contributed by atoms with Gasteiger partial charge >= 0.3 is 12.1 Å². The van der Waals surface area contributed by atoms with Gasteiger partial charge < -0.3 is 5.11 Å². The van der Waals surface area contributed by atoms with E-state index in [-0.39, 0.29) is 12.2 Å². The first kappa shape index (κ1) is 13.9. The molecule has 0 spiro atoms. The van der Waals surface area contributed by atoms with Crippen LogP contribution in [0.4, 0.5) is 13.2 Å². The number of pyridine rings is 1. The molecule has 0 amide bonds. The van der Waals surface area contributed by atoms with E-state index >= 15 is 0 Å². The van der Waals surface area contributed by atoms with E-state index in [1.165, 1.54) is 6.20 Å². The number of alkyl halides is 3. The van der Waals surface area contributed by atoms with Crippen molar-refractivity contribution >= 4 is 5.97 Å². The summed E-state index contributed by atoms with van der Waals surface area (Å²) in [6.45, 7) is 0. The Labute approximate surface area is 111 Å². The van der Waals surface area contributed by atoms with Gasteiger partial charge in [-0.25, -0.2) is 14.8 Å². The Kier molecular flexibility index (Phi) is 3.64. The van der Waals surface area contributed by atoms with Gasteiger partial charge in [-0.05, 0) is 12.1 Å². The van der Waals surface area contributed by atoms with Gasteiger partial charge in [-0.1, -0.05) is 6.07 Å². The molecule has 0 saturated carbocycles. The minimum Gasteiger partial charge on any atom is -0.478 e. The molecule has 2 aromatic rings. The SMILES string of the molecule is O=C(O)c1cnc(Cc2ccccn2)nc1C(F)(F)F. The summed E-state index contributed by atoms with van der Waals surface area (Å²) in [6, 6.07) is 4.96. The van der Waals surface area contributed by atoms with Crippen LogP contribution >= 0.6 is 0 Å². The second-order valence-corrected chi connectivity index (χ2v) is 3.85. The number of aromatic carboxylic acids is 1. The van der Waals surface area contributed by atoms with Crippen LogP contribution in [0.15, 0.2) is 30.6 Å². The van der Waals surface area contributed by atoms with Crippen LogP contribution in [0.2, 0.25) is 0 Å². The summed E-state index contributed by atoms with van der Waals surface area (Å²) in [5, 5.41) is 8.72. The Hall–Kier alpha value is -2.51. The number of hydrogen-bond donors (Lipinski definition) is 1. The molecule has 104 valence electrons. The zero-order valence-corrected chi connectivity index (χ0v) is 9.92. The fraction of sp³-hybridized carbons (Fsp3) is 0.167. The minimum atomic E-state index is -4.85. The molecule has 5 nitrogen and oxygen atoms in total. The van der Waals surface area contributed by atoms with Crippen molar-refractivity contribution in [1.82, 2.24) is 15.0 Å². The molecule has 0 aromatic carbocycles. The Balaban J connectivity index is 2.40. The zero-order chi connectivity index (χ0) is 14.8. The molecule has 0 bridgehead atoms. The summed E-state index contributed by atoms with van der Waals surface area (Å²) in [5.74, 6) is -1.86. The molecule has 1 N–H and O–H groups in total. The van der Waals surface area contributed by atoms with E-state index in [1.54, 1.807) is 18.2 Å². The second kappa shape index (κ2) is 5.24. The number of carbonyl (C=O) groups is 1. The smallest absolute Gasteiger partial charge is 0.434 e. The highest BCUT2D eigenvalue weighted by atomic mass is 19.4. The van der Waals surface area contributed by atoms with E-state index in [2.05, 4.69) is 15.0 Å². The molecule has 0 aliphatic rings. The number of hydrogen-bond acceptors (Lipinski definition) is 4. The van der Waals surface area contributed by atoms with Gasteiger partial charge in [-0.15, -0.1) is 0 Å². The summed E-state index contributed by atoms with van der Waals surface area (Å²) >= 11 is 0. The lowest BCUT2D eigenvalue weighted by Gasteiger charge is -2.10. The summed E-state index contributed by atoms with van der Waals surface area (Å²) in [7, 11) is 0. The Bertz CT molecular complexity index is 630. The molecule has 2 aromatic heterocycles. The van der Waals surface area contributed by atoms with E-state index in [1.807, 2.05) is 0 Å². The van der Waals surface area contributed by atoms with E-state index in [0.29, 0.717) is 11.9 Å². The number of aromatic nitrogens is 3. The summed E-state index contributed by atoms with van der Waals surface area (Å²) in [4.78, 5) is 21.6. The van der Waals surface area contributed by atoms with E-state index in [4.69, 9.17) is 5.11 Å². The van der Waals surface area contributed by atoms with Crippen LogP contribution in [-0.4, -0.2) is 26.0 Å². The fourth-order valence-electron chi connectivity index (χ4n) is 1.54. The lowest BCUT2D eigenvalue weighted by Crippen LogP contribution is -2.18. The number of carboxylic acids is 1. The van der Waals surface area contributed by atoms with Crippen LogP contribution in [0, 0.1) is 0 Å². The molecule has 20 heavy (non-hydrogen) atoms. The molecule has 0 atom stereocenters. The third-order valence-electron chi connectivity index (χ3n) is 2.40. The van der Waals surface area contributed by atoms with Crippen molar-refractivity contribution in [2.45, 2.75) is 12.6 Å². The maximum absolute atomic E-state index is 12.8. The highest BCUT2D eigenvalue weighted by Gasteiger charge is 2.38. The molecule has 0 fully saturated rings. The van der Waals surface area contributed by atoms with Gasteiger partial charge in [0.05, 0.1) is 6.42 Å². The lowest BCUT2D eigenvalue weighted by atomic mass is 10.2. The van der Waals surface area contributed by atoms with Crippen LogP contribution in [0.3, 0.4) is 0 Å². The van der Waals surface area contributed by atoms with Crippen LogP contribution < -0.4 is 0 Å². The molecule has 0 saturated heterocycles. The number of halogens is 3. The normalized spacial score (nSPS) is 11.3. The standard InChI is InChI=1S/C12H8F3N3O2/c13-12(14,15)10-8(11(19)20)6-17-9(18-10)5-7-3-1-2-4-16-7/h1-4,6H,5H2,(H,19,20). The van der Waals surface area contributed by atoms with Crippen molar-refractivity contribution in [1.29, 1.82) is 0 Å². The average Bonchev–Trinajstić information content (AvgIpc) is 2.38. The van der Waals surface area contributed by atoms with Crippen molar-refractivity contribution in [3.63, 3.8) is 0 Å². The van der Waals surface area contributed by atoms with Gasteiger partial charge in [0, 0.05) is 18.1 Å². The summed E-state index contributed by atoms with van der Waals surface area (Å²) in [6.07, 6.45) is -2.71. The van der Waals surface area contributed by atoms with E-state index < -0.39 is 23.4 Å². The highest BCUT2D eigenvalue weighted by molar-refractivity contribution is 5.88. The molecule has 2 heterocycles. The quantitative estimate of drug-likeness (QED) is 0.934. The molecule has 8 heteroatoms. The summed E-state index contributed by atoms with van der Waals surface area (Å²) in [5.41, 5.74) is -1.93. The maximum atomic E-state index is 12.8. The molecule has 0 aliphatic carbocycles. The van der Waals surface area contributed by atoms with E-state index in [9.17, 15) is 18.0 Å². The first-order chi connectivity index (χ1) is 9.38. The lowest BCUT2D eigenvalue weighted by molar-refractivity contribution is -0.141. The van der Waals surface area contributed by atoms with Crippen LogP contribution in [0.25, 0.3) is 0 Å². The van der Waals surface area contributed by atoms with Gasteiger partial charge in [-0.2, -0.15) is 13.2 Å². The first-order valence-corrected chi connectivity index (χ1v) is 5.44. The van der Waals surface area contributed by atoms with Gasteiger partial charge in [0.25, 0.3) is 0 Å². The largest absolute Gasteiger partial charge is 0.478 e. The Morgan fingerprint density at radius 3 is 2.55 bits per heavy atom. The Morgan fingerprint density at radius 2 is 2.00 bits per heavy atom. The van der Waals surface area contributed by atoms with Crippen LogP contribution in [0.5, 0.6) is 0 Å². The average molecular weight is 283 g/mol. The van der Waals surface area contributed by atoms with Crippen molar-refractivity contribution in [3.05, 3.63) is 53.4 Å². The van der Waals surface area contributed by atoms with Gasteiger partial charge in [-0.3, -0.25) is 4.98 Å². The van der Waals surface area contributed by atoms with Crippen LogP contribution in [-0.2, 0) is 12.6 Å². The predicted molar refractivity (Wildman–Crippen MR) is 61.0 cm³/mol. The van der Waals surface area contributed by atoms with Crippen molar-refractivity contribution < 1.29 is 23.1 Å². The third kappa shape index (κ3) is 3.08. The third-order valence-corrected chi connectivity index (χ3v) is 2.40. The summed E-state index contributed by atoms with van der Waals surface area (Å²) < 4.78 is 38.3. The molecule has 0 aliphatic heterocycles. The molecule has 2 rings (SSSR count). The molecule has 0 unspecified atom stereocenters.